The van der Waals surface area contributed by atoms with Gasteiger partial charge in [-0.2, -0.15) is 0 Å². The predicted molar refractivity (Wildman–Crippen MR) is 116 cm³/mol. The van der Waals surface area contributed by atoms with E-state index in [2.05, 4.69) is 32.0 Å². The fourth-order valence-electron chi connectivity index (χ4n) is 3.14. The summed E-state index contributed by atoms with van der Waals surface area (Å²) in [5.74, 6) is 1.99. The van der Waals surface area contributed by atoms with Gasteiger partial charge in [-0.1, -0.05) is 23.8 Å². The van der Waals surface area contributed by atoms with Gasteiger partial charge in [0.2, 0.25) is 11.2 Å². The molecule has 152 valence electrons. The van der Waals surface area contributed by atoms with E-state index in [1.807, 2.05) is 0 Å². The maximum absolute atomic E-state index is 12.8. The first-order valence-electron chi connectivity index (χ1n) is 9.60. The molecule has 0 saturated heterocycles. The van der Waals surface area contributed by atoms with Gasteiger partial charge in [-0.15, -0.1) is 0 Å². The number of fused-ring (bicyclic) bond motifs is 1. The molecule has 0 amide bonds. The lowest BCUT2D eigenvalue weighted by molar-refractivity contribution is 0.305. The maximum Gasteiger partial charge on any atom is 0.235 e. The number of hydrogen-bond acceptors (Lipinski definition) is 5. The van der Waals surface area contributed by atoms with Crippen LogP contribution < -0.4 is 19.6 Å². The van der Waals surface area contributed by atoms with E-state index in [9.17, 15) is 4.79 Å². The van der Waals surface area contributed by atoms with Gasteiger partial charge in [0.25, 0.3) is 0 Å². The van der Waals surface area contributed by atoms with Gasteiger partial charge in [0.1, 0.15) is 35.7 Å². The van der Waals surface area contributed by atoms with Crippen LogP contribution in [0.25, 0.3) is 11.0 Å². The Labute approximate surface area is 174 Å². The highest BCUT2D eigenvalue weighted by Gasteiger charge is 2.11. The lowest BCUT2D eigenvalue weighted by atomic mass is 10.1. The highest BCUT2D eigenvalue weighted by Crippen LogP contribution is 2.26. The van der Waals surface area contributed by atoms with Crippen LogP contribution >= 0.6 is 0 Å². The number of hydrogen-bond donors (Lipinski definition) is 0. The minimum Gasteiger partial charge on any atom is -0.497 e. The van der Waals surface area contributed by atoms with Crippen LogP contribution in [0.2, 0.25) is 0 Å². The fraction of sp³-hybridized carbons (Fsp3) is 0.160. The molecular weight excluding hydrogens is 380 g/mol. The lowest BCUT2D eigenvalue weighted by Crippen LogP contribution is -2.05. The van der Waals surface area contributed by atoms with Crippen molar-refractivity contribution in [3.8, 4) is 23.0 Å². The summed E-state index contributed by atoms with van der Waals surface area (Å²) < 4.78 is 22.4. The summed E-state index contributed by atoms with van der Waals surface area (Å²) in [5.41, 5.74) is 3.69. The van der Waals surface area contributed by atoms with Gasteiger partial charge < -0.3 is 18.6 Å². The Morgan fingerprint density at radius 3 is 2.37 bits per heavy atom. The van der Waals surface area contributed by atoms with Crippen molar-refractivity contribution in [1.29, 1.82) is 0 Å². The molecule has 0 aliphatic carbocycles. The standard InChI is InChI=1S/C25H22O5/c1-16-4-5-17(2)18(12-16)14-28-21-10-11-22-23(13-21)29-15-24(25(22)26)30-20-8-6-19(27-3)7-9-20/h4-13,15H,14H2,1-3H3. The van der Waals surface area contributed by atoms with Gasteiger partial charge >= 0.3 is 0 Å². The molecule has 1 aromatic heterocycles. The Morgan fingerprint density at radius 2 is 1.60 bits per heavy atom. The van der Waals surface area contributed by atoms with Crippen LogP contribution in [0.5, 0.6) is 23.0 Å². The van der Waals surface area contributed by atoms with Crippen molar-refractivity contribution >= 4 is 11.0 Å². The van der Waals surface area contributed by atoms with Gasteiger partial charge in [-0.25, -0.2) is 0 Å². The van der Waals surface area contributed by atoms with Crippen molar-refractivity contribution in [2.24, 2.45) is 0 Å². The summed E-state index contributed by atoms with van der Waals surface area (Å²) in [7, 11) is 1.59. The number of aryl methyl sites for hydroxylation is 2. The van der Waals surface area contributed by atoms with Crippen LogP contribution in [-0.4, -0.2) is 7.11 Å². The van der Waals surface area contributed by atoms with Crippen LogP contribution in [0, 0.1) is 13.8 Å². The van der Waals surface area contributed by atoms with E-state index in [0.717, 1.165) is 5.56 Å². The molecule has 5 heteroatoms. The monoisotopic (exact) mass is 402 g/mol. The van der Waals surface area contributed by atoms with Gasteiger partial charge in [-0.05, 0) is 61.4 Å². The molecule has 3 aromatic carbocycles. The molecule has 0 atom stereocenters. The molecule has 0 saturated carbocycles. The van der Waals surface area contributed by atoms with Gasteiger partial charge in [0.15, 0.2) is 0 Å². The number of benzene rings is 3. The van der Waals surface area contributed by atoms with E-state index < -0.39 is 0 Å². The molecule has 4 rings (SSSR count). The van der Waals surface area contributed by atoms with Gasteiger partial charge in [-0.3, -0.25) is 4.79 Å². The zero-order chi connectivity index (χ0) is 21.1. The number of methoxy groups -OCH3 is 1. The molecule has 4 aromatic rings. The normalized spacial score (nSPS) is 10.8. The highest BCUT2D eigenvalue weighted by atomic mass is 16.5. The molecule has 30 heavy (non-hydrogen) atoms. The van der Waals surface area contributed by atoms with E-state index in [4.69, 9.17) is 18.6 Å². The first-order chi connectivity index (χ1) is 14.5. The number of ether oxygens (including phenoxy) is 3. The third-order valence-corrected chi connectivity index (χ3v) is 4.90. The average molecular weight is 402 g/mol. The first kappa shape index (κ1) is 19.6. The summed E-state index contributed by atoms with van der Waals surface area (Å²) in [6.45, 7) is 4.56. The second-order valence-corrected chi connectivity index (χ2v) is 7.08. The Morgan fingerprint density at radius 1 is 0.867 bits per heavy atom. The first-order valence-corrected chi connectivity index (χ1v) is 9.60. The Bertz CT molecular complexity index is 1240. The highest BCUT2D eigenvalue weighted by molar-refractivity contribution is 5.79. The molecule has 0 spiro atoms. The van der Waals surface area contributed by atoms with Crippen molar-refractivity contribution in [2.75, 3.05) is 7.11 Å². The van der Waals surface area contributed by atoms with Crippen LogP contribution in [0.15, 0.2) is 76.1 Å². The Hall–Kier alpha value is -3.73. The molecule has 5 nitrogen and oxygen atoms in total. The van der Waals surface area contributed by atoms with Crippen molar-refractivity contribution in [3.05, 3.63) is 93.8 Å². The molecule has 0 bridgehead atoms. The minimum atomic E-state index is -0.242. The summed E-state index contributed by atoms with van der Waals surface area (Å²) >= 11 is 0. The molecule has 0 unspecified atom stereocenters. The maximum atomic E-state index is 12.8. The molecule has 1 heterocycles. The van der Waals surface area contributed by atoms with Crippen LogP contribution in [0.4, 0.5) is 0 Å². The van der Waals surface area contributed by atoms with Gasteiger partial charge in [0, 0.05) is 6.07 Å². The van der Waals surface area contributed by atoms with E-state index in [1.165, 1.54) is 17.4 Å². The van der Waals surface area contributed by atoms with Crippen LogP contribution in [0.3, 0.4) is 0 Å². The Kier molecular flexibility index (Phi) is 5.44. The van der Waals surface area contributed by atoms with Gasteiger partial charge in [0.05, 0.1) is 12.5 Å². The van der Waals surface area contributed by atoms with E-state index in [1.54, 1.807) is 49.6 Å². The van der Waals surface area contributed by atoms with Crippen molar-refractivity contribution in [3.63, 3.8) is 0 Å². The smallest absolute Gasteiger partial charge is 0.235 e. The molecule has 0 aliphatic rings. The molecule has 0 fully saturated rings. The second kappa shape index (κ2) is 8.33. The summed E-state index contributed by atoms with van der Waals surface area (Å²) in [6, 6.07) is 18.4. The minimum absolute atomic E-state index is 0.122. The summed E-state index contributed by atoms with van der Waals surface area (Å²) in [5, 5.41) is 0.431. The molecule has 0 N–H and O–H groups in total. The summed E-state index contributed by atoms with van der Waals surface area (Å²) in [4.78, 5) is 12.8. The topological polar surface area (TPSA) is 57.9 Å². The third-order valence-electron chi connectivity index (χ3n) is 4.90. The van der Waals surface area contributed by atoms with Crippen molar-refractivity contribution < 1.29 is 18.6 Å². The fourth-order valence-corrected chi connectivity index (χ4v) is 3.14. The molecule has 0 aliphatic heterocycles. The quantitative estimate of drug-likeness (QED) is 0.409. The van der Waals surface area contributed by atoms with E-state index in [-0.39, 0.29) is 11.2 Å². The zero-order valence-corrected chi connectivity index (χ0v) is 17.1. The van der Waals surface area contributed by atoms with Crippen LogP contribution in [-0.2, 0) is 6.61 Å². The average Bonchev–Trinajstić information content (AvgIpc) is 2.77. The van der Waals surface area contributed by atoms with Crippen molar-refractivity contribution in [2.45, 2.75) is 20.5 Å². The van der Waals surface area contributed by atoms with Crippen LogP contribution in [0.1, 0.15) is 16.7 Å². The largest absolute Gasteiger partial charge is 0.497 e. The second-order valence-electron chi connectivity index (χ2n) is 7.08. The summed E-state index contributed by atoms with van der Waals surface area (Å²) in [6.07, 6.45) is 1.32. The lowest BCUT2D eigenvalue weighted by Gasteiger charge is -2.10. The molecule has 0 radical (unpaired) electrons. The SMILES string of the molecule is COc1ccc(Oc2coc3cc(OCc4cc(C)ccc4C)ccc3c2=O)cc1. The van der Waals surface area contributed by atoms with E-state index in [0.29, 0.717) is 34.8 Å². The van der Waals surface area contributed by atoms with E-state index >= 15 is 0 Å². The molecular formula is C25H22O5. The Balaban J connectivity index is 1.54. The predicted octanol–water partition coefficient (Wildman–Crippen LogP) is 5.79. The third kappa shape index (κ3) is 4.15. The van der Waals surface area contributed by atoms with Crippen molar-refractivity contribution in [1.82, 2.24) is 0 Å². The zero-order valence-electron chi connectivity index (χ0n) is 17.1. The number of rotatable bonds is 6.